The van der Waals surface area contributed by atoms with E-state index in [4.69, 9.17) is 11.6 Å². The standard InChI is InChI=1S/C12H15ClF3NO2S/c1-9(5-4-8-13)17-20(18,19)11-7-3-2-6-10(11)12(14,15)16/h2-3,6-7,9,17H,4-5,8H2,1H3. The molecule has 0 saturated carbocycles. The number of hydrogen-bond acceptors (Lipinski definition) is 2. The van der Waals surface area contributed by atoms with Crippen LogP contribution in [0.4, 0.5) is 13.2 Å². The highest BCUT2D eigenvalue weighted by Gasteiger charge is 2.37. The predicted octanol–water partition coefficient (Wildman–Crippen LogP) is 3.39. The van der Waals surface area contributed by atoms with Crippen LogP contribution < -0.4 is 4.72 Å². The molecule has 3 nitrogen and oxygen atoms in total. The molecule has 1 atom stereocenters. The molecule has 0 aliphatic carbocycles. The molecular weight excluding hydrogens is 315 g/mol. The molecule has 8 heteroatoms. The average Bonchev–Trinajstić information content (AvgIpc) is 2.35. The van der Waals surface area contributed by atoms with E-state index in [1.54, 1.807) is 6.92 Å². The normalized spacial score (nSPS) is 14.2. The zero-order chi connectivity index (χ0) is 15.4. The number of alkyl halides is 4. The molecule has 0 aromatic heterocycles. The Kier molecular flexibility index (Phi) is 5.85. The summed E-state index contributed by atoms with van der Waals surface area (Å²) in [5.74, 6) is 0.366. The first-order chi connectivity index (χ1) is 9.18. The maximum absolute atomic E-state index is 12.8. The lowest BCUT2D eigenvalue weighted by molar-refractivity contribution is -0.139. The maximum atomic E-state index is 12.8. The first kappa shape index (κ1) is 17.3. The van der Waals surface area contributed by atoms with E-state index >= 15 is 0 Å². The van der Waals surface area contributed by atoms with Crippen LogP contribution in [0.15, 0.2) is 29.2 Å². The summed E-state index contributed by atoms with van der Waals surface area (Å²) in [6.07, 6.45) is -3.69. The minimum absolute atomic E-state index is 0.366. The highest BCUT2D eigenvalue weighted by molar-refractivity contribution is 7.89. The van der Waals surface area contributed by atoms with Crippen molar-refractivity contribution in [1.29, 1.82) is 0 Å². The third-order valence-electron chi connectivity index (χ3n) is 2.61. The second kappa shape index (κ2) is 6.78. The Morgan fingerprint density at radius 1 is 1.30 bits per heavy atom. The molecule has 0 saturated heterocycles. The van der Waals surface area contributed by atoms with Gasteiger partial charge >= 0.3 is 6.18 Å². The largest absolute Gasteiger partial charge is 0.417 e. The molecule has 0 amide bonds. The number of halogens is 4. The molecule has 1 unspecified atom stereocenters. The highest BCUT2D eigenvalue weighted by Crippen LogP contribution is 2.33. The van der Waals surface area contributed by atoms with E-state index < -0.39 is 32.7 Å². The summed E-state index contributed by atoms with van der Waals surface area (Å²) in [5, 5.41) is 0. The molecule has 0 aliphatic rings. The van der Waals surface area contributed by atoms with Crippen LogP contribution in [0.2, 0.25) is 0 Å². The highest BCUT2D eigenvalue weighted by atomic mass is 35.5. The summed E-state index contributed by atoms with van der Waals surface area (Å²) < 4.78 is 64.7. The first-order valence-electron chi connectivity index (χ1n) is 5.93. The van der Waals surface area contributed by atoms with Crippen LogP contribution in [-0.4, -0.2) is 20.3 Å². The van der Waals surface area contributed by atoms with Gasteiger partial charge in [-0.3, -0.25) is 0 Å². The van der Waals surface area contributed by atoms with Gasteiger partial charge in [-0.15, -0.1) is 11.6 Å². The lowest BCUT2D eigenvalue weighted by atomic mass is 10.2. The van der Waals surface area contributed by atoms with Crippen molar-refractivity contribution in [1.82, 2.24) is 4.72 Å². The van der Waals surface area contributed by atoms with E-state index in [2.05, 4.69) is 4.72 Å². The van der Waals surface area contributed by atoms with Gasteiger partial charge in [0.25, 0.3) is 0 Å². The number of hydrogen-bond donors (Lipinski definition) is 1. The summed E-state index contributed by atoms with van der Waals surface area (Å²) in [5.41, 5.74) is -1.17. The van der Waals surface area contributed by atoms with Crippen LogP contribution in [0.1, 0.15) is 25.3 Å². The molecule has 0 heterocycles. The van der Waals surface area contributed by atoms with Gasteiger partial charge in [-0.25, -0.2) is 13.1 Å². The quantitative estimate of drug-likeness (QED) is 0.813. The number of sulfonamides is 1. The molecule has 0 spiro atoms. The van der Waals surface area contributed by atoms with Crippen molar-refractivity contribution in [2.24, 2.45) is 0 Å². The fraction of sp³-hybridized carbons (Fsp3) is 0.500. The van der Waals surface area contributed by atoms with Crippen LogP contribution in [0.3, 0.4) is 0 Å². The van der Waals surface area contributed by atoms with Crippen molar-refractivity contribution in [3.63, 3.8) is 0 Å². The second-order valence-electron chi connectivity index (χ2n) is 4.35. The summed E-state index contributed by atoms with van der Waals surface area (Å²) >= 11 is 5.49. The van der Waals surface area contributed by atoms with Crippen LogP contribution in [0.25, 0.3) is 0 Å². The lowest BCUT2D eigenvalue weighted by Gasteiger charge is -2.17. The van der Waals surface area contributed by atoms with Gasteiger partial charge in [0.1, 0.15) is 0 Å². The van der Waals surface area contributed by atoms with E-state index in [-0.39, 0.29) is 0 Å². The van der Waals surface area contributed by atoms with Crippen LogP contribution in [0, 0.1) is 0 Å². The number of rotatable bonds is 6. The maximum Gasteiger partial charge on any atom is 0.417 e. The fourth-order valence-corrected chi connectivity index (χ4v) is 3.37. The van der Waals surface area contributed by atoms with Crippen molar-refractivity contribution in [2.75, 3.05) is 5.88 Å². The van der Waals surface area contributed by atoms with E-state index in [1.165, 1.54) is 6.07 Å². The van der Waals surface area contributed by atoms with E-state index in [9.17, 15) is 21.6 Å². The lowest BCUT2D eigenvalue weighted by Crippen LogP contribution is -2.33. The summed E-state index contributed by atoms with van der Waals surface area (Å²) in [6.45, 7) is 1.58. The average molecular weight is 330 g/mol. The van der Waals surface area contributed by atoms with Gasteiger partial charge in [-0.1, -0.05) is 12.1 Å². The van der Waals surface area contributed by atoms with E-state index in [0.29, 0.717) is 18.7 Å². The van der Waals surface area contributed by atoms with Crippen molar-refractivity contribution in [2.45, 2.75) is 36.9 Å². The van der Waals surface area contributed by atoms with Gasteiger partial charge in [-0.05, 0) is 31.9 Å². The van der Waals surface area contributed by atoms with E-state index in [1.807, 2.05) is 0 Å². The Morgan fingerprint density at radius 3 is 2.45 bits per heavy atom. The van der Waals surface area contributed by atoms with Gasteiger partial charge in [0.05, 0.1) is 10.5 Å². The van der Waals surface area contributed by atoms with Crippen molar-refractivity contribution in [3.8, 4) is 0 Å². The van der Waals surface area contributed by atoms with Crippen LogP contribution >= 0.6 is 11.6 Å². The minimum atomic E-state index is -4.72. The molecule has 0 fully saturated rings. The molecule has 20 heavy (non-hydrogen) atoms. The smallest absolute Gasteiger partial charge is 0.208 e. The van der Waals surface area contributed by atoms with Crippen LogP contribution in [0.5, 0.6) is 0 Å². The Balaban J connectivity index is 3.05. The Labute approximate surface area is 121 Å². The second-order valence-corrected chi connectivity index (χ2v) is 6.41. The fourth-order valence-electron chi connectivity index (χ4n) is 1.71. The van der Waals surface area contributed by atoms with Crippen LogP contribution in [-0.2, 0) is 16.2 Å². The topological polar surface area (TPSA) is 46.2 Å². The summed E-state index contributed by atoms with van der Waals surface area (Å²) in [4.78, 5) is -0.759. The van der Waals surface area contributed by atoms with Crippen molar-refractivity contribution >= 4 is 21.6 Å². The molecule has 1 N–H and O–H groups in total. The SMILES string of the molecule is CC(CCCCl)NS(=O)(=O)c1ccccc1C(F)(F)F. The minimum Gasteiger partial charge on any atom is -0.208 e. The van der Waals surface area contributed by atoms with Gasteiger partial charge in [0.15, 0.2) is 0 Å². The monoisotopic (exact) mass is 329 g/mol. The van der Waals surface area contributed by atoms with Gasteiger partial charge in [0.2, 0.25) is 10.0 Å². The number of nitrogens with one attached hydrogen (secondary N) is 1. The van der Waals surface area contributed by atoms with E-state index in [0.717, 1.165) is 18.2 Å². The van der Waals surface area contributed by atoms with Gasteiger partial charge < -0.3 is 0 Å². The summed E-state index contributed by atoms with van der Waals surface area (Å²) in [6, 6.07) is 3.61. The molecule has 114 valence electrons. The molecule has 0 radical (unpaired) electrons. The first-order valence-corrected chi connectivity index (χ1v) is 7.95. The Morgan fingerprint density at radius 2 is 1.90 bits per heavy atom. The number of benzene rings is 1. The van der Waals surface area contributed by atoms with Crippen molar-refractivity contribution in [3.05, 3.63) is 29.8 Å². The van der Waals surface area contributed by atoms with Gasteiger partial charge in [0, 0.05) is 11.9 Å². The molecule has 0 bridgehead atoms. The molecule has 1 rings (SSSR count). The molecular formula is C12H15ClF3NO2S. The van der Waals surface area contributed by atoms with Crippen molar-refractivity contribution < 1.29 is 21.6 Å². The zero-order valence-electron chi connectivity index (χ0n) is 10.7. The van der Waals surface area contributed by atoms with Gasteiger partial charge in [-0.2, -0.15) is 13.2 Å². The Bertz CT molecular complexity index is 546. The Hall–Kier alpha value is -0.790. The molecule has 1 aromatic rings. The molecule has 0 aliphatic heterocycles. The summed E-state index contributed by atoms with van der Waals surface area (Å²) in [7, 11) is -4.22. The third-order valence-corrected chi connectivity index (χ3v) is 4.52. The zero-order valence-corrected chi connectivity index (χ0v) is 12.3. The third kappa shape index (κ3) is 4.64. The molecule has 1 aromatic carbocycles. The predicted molar refractivity (Wildman–Crippen MR) is 71.2 cm³/mol.